The molecule has 3 nitrogen and oxygen atoms in total. The van der Waals surface area contributed by atoms with E-state index >= 15 is 0 Å². The van der Waals surface area contributed by atoms with E-state index in [1.54, 1.807) is 12.2 Å². The summed E-state index contributed by atoms with van der Waals surface area (Å²) < 4.78 is 0. The molecule has 156 valence electrons. The van der Waals surface area contributed by atoms with E-state index < -0.39 is 0 Å². The van der Waals surface area contributed by atoms with Crippen molar-refractivity contribution in [2.24, 2.45) is 0 Å². The molecule has 0 aromatic heterocycles. The van der Waals surface area contributed by atoms with Crippen molar-refractivity contribution in [1.29, 1.82) is 0 Å². The molecule has 0 unspecified atom stereocenters. The van der Waals surface area contributed by atoms with Gasteiger partial charge in [-0.1, -0.05) is 61.7 Å². The van der Waals surface area contributed by atoms with E-state index in [4.69, 9.17) is 0 Å². The summed E-state index contributed by atoms with van der Waals surface area (Å²) in [4.78, 5) is 15.8. The second-order valence-corrected chi connectivity index (χ2v) is 7.96. The minimum atomic E-state index is -0.164. The van der Waals surface area contributed by atoms with Gasteiger partial charge >= 0.3 is 0 Å². The summed E-state index contributed by atoms with van der Waals surface area (Å²) in [7, 11) is 0. The summed E-state index contributed by atoms with van der Waals surface area (Å²) in [5.74, 6) is -0.164. The molecule has 0 saturated carbocycles. The van der Waals surface area contributed by atoms with E-state index in [0.29, 0.717) is 5.57 Å². The number of rotatable bonds is 6. The lowest BCUT2D eigenvalue weighted by Crippen LogP contribution is -2.31. The fourth-order valence-corrected chi connectivity index (χ4v) is 4.48. The quantitative estimate of drug-likeness (QED) is 0.451. The number of piperidine rings is 1. The molecule has 2 aromatic rings. The van der Waals surface area contributed by atoms with Gasteiger partial charge in [-0.15, -0.1) is 0 Å². The average Bonchev–Trinajstić information content (AvgIpc) is 2.76. The lowest BCUT2D eigenvalue weighted by molar-refractivity contribution is -0.112. The van der Waals surface area contributed by atoms with Gasteiger partial charge in [0.1, 0.15) is 0 Å². The first-order chi connectivity index (χ1) is 14.5. The summed E-state index contributed by atoms with van der Waals surface area (Å²) in [5, 5.41) is 3.18. The van der Waals surface area contributed by atoms with Crippen molar-refractivity contribution in [3.05, 3.63) is 89.5 Å². The number of carbonyl (C=O) groups excluding carboxylic acids is 1. The number of allylic oxidation sites excluding steroid dienone is 2. The van der Waals surface area contributed by atoms with Gasteiger partial charge in [-0.05, 0) is 67.9 Å². The molecule has 1 heterocycles. The van der Waals surface area contributed by atoms with Crippen LogP contribution in [0.2, 0.25) is 0 Å². The Hall–Kier alpha value is -3.07. The third kappa shape index (κ3) is 4.40. The van der Waals surface area contributed by atoms with Crippen LogP contribution in [0.1, 0.15) is 41.5 Å². The minimum Gasteiger partial charge on any atom is -0.371 e. The van der Waals surface area contributed by atoms with Crippen molar-refractivity contribution in [2.75, 3.05) is 23.3 Å². The Labute approximate surface area is 180 Å². The maximum Gasteiger partial charge on any atom is 0.256 e. The monoisotopic (exact) mass is 400 g/mol. The van der Waals surface area contributed by atoms with E-state index in [9.17, 15) is 4.79 Å². The van der Waals surface area contributed by atoms with Crippen molar-refractivity contribution in [3.8, 4) is 0 Å². The zero-order chi connectivity index (χ0) is 21.7. The SMILES string of the molecule is C=C/C(C(=O)Nc1c(C)cc(C)c(N2CCCCC2)c1C)=C(\C=C)c1ccccc1. The Morgan fingerprint density at radius 2 is 1.63 bits per heavy atom. The van der Waals surface area contributed by atoms with Crippen LogP contribution in [0.25, 0.3) is 5.57 Å². The van der Waals surface area contributed by atoms with Gasteiger partial charge in [0.15, 0.2) is 0 Å². The van der Waals surface area contributed by atoms with Crippen molar-refractivity contribution < 1.29 is 4.79 Å². The minimum absolute atomic E-state index is 0.164. The first-order valence-corrected chi connectivity index (χ1v) is 10.7. The van der Waals surface area contributed by atoms with E-state index in [1.165, 1.54) is 30.5 Å². The van der Waals surface area contributed by atoms with Crippen LogP contribution in [-0.4, -0.2) is 19.0 Å². The average molecular weight is 401 g/mol. The highest BCUT2D eigenvalue weighted by molar-refractivity contribution is 6.13. The molecule has 1 fully saturated rings. The fourth-order valence-electron chi connectivity index (χ4n) is 4.48. The van der Waals surface area contributed by atoms with Crippen LogP contribution < -0.4 is 10.2 Å². The number of nitrogens with one attached hydrogen (secondary N) is 1. The first kappa shape index (κ1) is 21.6. The molecule has 1 N–H and O–H groups in total. The Balaban J connectivity index is 2.00. The van der Waals surface area contributed by atoms with Gasteiger partial charge < -0.3 is 10.2 Å². The van der Waals surface area contributed by atoms with Gasteiger partial charge in [0.05, 0.1) is 0 Å². The summed E-state index contributed by atoms with van der Waals surface area (Å²) in [6.07, 6.45) is 7.07. The number of hydrogen-bond donors (Lipinski definition) is 1. The Morgan fingerprint density at radius 1 is 0.967 bits per heavy atom. The second kappa shape index (κ2) is 9.62. The lowest BCUT2D eigenvalue weighted by atomic mass is 9.97. The molecular formula is C27H32N2O. The molecule has 1 amide bonds. The third-order valence-electron chi connectivity index (χ3n) is 5.87. The van der Waals surface area contributed by atoms with E-state index in [0.717, 1.165) is 41.0 Å². The Bertz CT molecular complexity index is 980. The summed E-state index contributed by atoms with van der Waals surface area (Å²) in [5.41, 5.74) is 7.86. The van der Waals surface area contributed by atoms with Crippen LogP contribution in [0, 0.1) is 20.8 Å². The Kier molecular flexibility index (Phi) is 6.94. The number of benzene rings is 2. The standard InChI is InChI=1S/C27H32N2O/c1-6-23(22-14-10-8-11-15-22)24(7-2)27(30)28-25-19(3)18-20(4)26(21(25)5)29-16-12-9-13-17-29/h6-8,10-11,14-15,18H,1-2,9,12-13,16-17H2,3-5H3,(H,28,30)/b24-23-. The highest BCUT2D eigenvalue weighted by Crippen LogP contribution is 2.35. The van der Waals surface area contributed by atoms with Crippen LogP contribution >= 0.6 is 0 Å². The predicted octanol–water partition coefficient (Wildman–Crippen LogP) is 6.37. The molecule has 0 radical (unpaired) electrons. The molecule has 0 bridgehead atoms. The maximum absolute atomic E-state index is 13.3. The molecule has 0 aliphatic carbocycles. The van der Waals surface area contributed by atoms with E-state index in [2.05, 4.69) is 50.2 Å². The van der Waals surface area contributed by atoms with Crippen LogP contribution in [0.5, 0.6) is 0 Å². The molecule has 1 saturated heterocycles. The highest BCUT2D eigenvalue weighted by Gasteiger charge is 2.21. The largest absolute Gasteiger partial charge is 0.371 e. The number of anilines is 2. The van der Waals surface area contributed by atoms with Gasteiger partial charge in [0.2, 0.25) is 0 Å². The lowest BCUT2D eigenvalue weighted by Gasteiger charge is -2.33. The van der Waals surface area contributed by atoms with Gasteiger partial charge in [0.25, 0.3) is 5.91 Å². The van der Waals surface area contributed by atoms with Crippen molar-refractivity contribution in [1.82, 2.24) is 0 Å². The number of hydrogen-bond acceptors (Lipinski definition) is 2. The summed E-state index contributed by atoms with van der Waals surface area (Å²) >= 11 is 0. The highest BCUT2D eigenvalue weighted by atomic mass is 16.1. The van der Waals surface area contributed by atoms with Crippen LogP contribution in [0.4, 0.5) is 11.4 Å². The summed E-state index contributed by atoms with van der Waals surface area (Å²) in [6, 6.07) is 12.0. The predicted molar refractivity (Wildman–Crippen MR) is 129 cm³/mol. The van der Waals surface area contributed by atoms with Gasteiger partial charge in [-0.2, -0.15) is 0 Å². The van der Waals surface area contributed by atoms with Crippen molar-refractivity contribution >= 4 is 22.9 Å². The second-order valence-electron chi connectivity index (χ2n) is 7.96. The Morgan fingerprint density at radius 3 is 2.23 bits per heavy atom. The number of carbonyl (C=O) groups is 1. The fraction of sp³-hybridized carbons (Fsp3) is 0.296. The zero-order valence-corrected chi connectivity index (χ0v) is 18.4. The first-order valence-electron chi connectivity index (χ1n) is 10.7. The summed E-state index contributed by atoms with van der Waals surface area (Å²) in [6.45, 7) is 16.3. The van der Waals surface area contributed by atoms with Crippen molar-refractivity contribution in [2.45, 2.75) is 40.0 Å². The zero-order valence-electron chi connectivity index (χ0n) is 18.4. The van der Waals surface area contributed by atoms with E-state index in [-0.39, 0.29) is 5.91 Å². The molecular weight excluding hydrogens is 368 g/mol. The van der Waals surface area contributed by atoms with E-state index in [1.807, 2.05) is 30.3 Å². The molecule has 3 rings (SSSR count). The van der Waals surface area contributed by atoms with Crippen LogP contribution in [0.3, 0.4) is 0 Å². The van der Waals surface area contributed by atoms with Gasteiger partial charge in [-0.25, -0.2) is 0 Å². The molecule has 3 heteroatoms. The molecule has 1 aliphatic heterocycles. The van der Waals surface area contributed by atoms with Crippen LogP contribution in [-0.2, 0) is 4.79 Å². The molecule has 2 aromatic carbocycles. The number of aryl methyl sites for hydroxylation is 2. The third-order valence-corrected chi connectivity index (χ3v) is 5.87. The molecule has 0 atom stereocenters. The molecule has 0 spiro atoms. The van der Waals surface area contributed by atoms with Crippen LogP contribution in [0.15, 0.2) is 67.3 Å². The molecule has 30 heavy (non-hydrogen) atoms. The molecule has 1 aliphatic rings. The van der Waals surface area contributed by atoms with Gasteiger partial charge in [0, 0.05) is 30.0 Å². The maximum atomic E-state index is 13.3. The normalized spacial score (nSPS) is 14.7. The van der Waals surface area contributed by atoms with Gasteiger partial charge in [-0.3, -0.25) is 4.79 Å². The topological polar surface area (TPSA) is 32.3 Å². The smallest absolute Gasteiger partial charge is 0.256 e. The van der Waals surface area contributed by atoms with Crippen molar-refractivity contribution in [3.63, 3.8) is 0 Å². The number of amides is 1. The number of nitrogens with zero attached hydrogens (tertiary/aromatic N) is 1.